The van der Waals surface area contributed by atoms with Crippen LogP contribution in [0.15, 0.2) is 18.2 Å². The van der Waals surface area contributed by atoms with Crippen LogP contribution < -0.4 is 5.90 Å². The van der Waals surface area contributed by atoms with Crippen molar-refractivity contribution in [1.29, 1.82) is 0 Å². The van der Waals surface area contributed by atoms with E-state index in [2.05, 4.69) is 4.84 Å². The van der Waals surface area contributed by atoms with Crippen LogP contribution in [0.1, 0.15) is 11.1 Å². The molecule has 0 unspecified atom stereocenters. The third kappa shape index (κ3) is 1.76. The van der Waals surface area contributed by atoms with Gasteiger partial charge in [0, 0.05) is 0 Å². The zero-order valence-corrected chi connectivity index (χ0v) is 6.30. The first-order valence-corrected chi connectivity index (χ1v) is 3.31. The first-order valence-electron chi connectivity index (χ1n) is 3.31. The molecule has 0 aliphatic heterocycles. The molecule has 1 aromatic rings. The minimum absolute atomic E-state index is 0.223. The molecule has 0 aromatic heterocycles. The molecule has 2 nitrogen and oxygen atoms in total. The summed E-state index contributed by atoms with van der Waals surface area (Å²) in [4.78, 5) is 4.40. The fraction of sp³-hybridized carbons (Fsp3) is 0.250. The van der Waals surface area contributed by atoms with E-state index in [1.54, 1.807) is 19.1 Å². The van der Waals surface area contributed by atoms with Gasteiger partial charge in [-0.2, -0.15) is 0 Å². The van der Waals surface area contributed by atoms with Crippen LogP contribution in [0.5, 0.6) is 0 Å². The molecule has 3 heteroatoms. The fourth-order valence-electron chi connectivity index (χ4n) is 0.898. The van der Waals surface area contributed by atoms with Gasteiger partial charge in [0.15, 0.2) is 0 Å². The molecule has 0 amide bonds. The van der Waals surface area contributed by atoms with Crippen molar-refractivity contribution in [2.24, 2.45) is 5.90 Å². The summed E-state index contributed by atoms with van der Waals surface area (Å²) in [5, 5.41) is 0. The average Bonchev–Trinajstić information content (AvgIpc) is 1.99. The molecule has 0 bridgehead atoms. The van der Waals surface area contributed by atoms with Gasteiger partial charge in [-0.15, -0.1) is 0 Å². The van der Waals surface area contributed by atoms with Crippen LogP contribution in [-0.2, 0) is 11.4 Å². The van der Waals surface area contributed by atoms with Gasteiger partial charge in [0.05, 0.1) is 6.61 Å². The molecule has 0 heterocycles. The molecule has 0 spiro atoms. The lowest BCUT2D eigenvalue weighted by Gasteiger charge is -2.03. The molecule has 0 saturated heterocycles. The van der Waals surface area contributed by atoms with Gasteiger partial charge in [-0.1, -0.05) is 12.1 Å². The normalized spacial score (nSPS) is 10.1. The highest BCUT2D eigenvalue weighted by Crippen LogP contribution is 2.11. The number of halogens is 1. The number of nitrogens with two attached hydrogens (primary N) is 1. The van der Waals surface area contributed by atoms with Gasteiger partial charge < -0.3 is 0 Å². The highest BCUT2D eigenvalue weighted by atomic mass is 19.1. The van der Waals surface area contributed by atoms with Gasteiger partial charge in [-0.05, 0) is 24.1 Å². The molecule has 1 aromatic carbocycles. The molecule has 0 atom stereocenters. The molecule has 2 N–H and O–H groups in total. The lowest BCUT2D eigenvalue weighted by Crippen LogP contribution is -2.01. The molecular weight excluding hydrogens is 145 g/mol. The van der Waals surface area contributed by atoms with E-state index in [0.29, 0.717) is 5.56 Å². The smallest absolute Gasteiger partial charge is 0.126 e. The van der Waals surface area contributed by atoms with Crippen molar-refractivity contribution in [3.8, 4) is 0 Å². The van der Waals surface area contributed by atoms with Crippen LogP contribution in [0.2, 0.25) is 0 Å². The van der Waals surface area contributed by atoms with Crippen LogP contribution >= 0.6 is 0 Å². The number of rotatable bonds is 2. The lowest BCUT2D eigenvalue weighted by atomic mass is 10.1. The fourth-order valence-corrected chi connectivity index (χ4v) is 0.898. The zero-order valence-electron chi connectivity index (χ0n) is 6.30. The Morgan fingerprint density at radius 1 is 1.55 bits per heavy atom. The van der Waals surface area contributed by atoms with Crippen molar-refractivity contribution < 1.29 is 9.23 Å². The van der Waals surface area contributed by atoms with Crippen molar-refractivity contribution >= 4 is 0 Å². The highest BCUT2D eigenvalue weighted by Gasteiger charge is 2.01. The molecule has 60 valence electrons. The van der Waals surface area contributed by atoms with Crippen molar-refractivity contribution in [3.05, 3.63) is 35.1 Å². The number of benzene rings is 1. The quantitative estimate of drug-likeness (QED) is 0.657. The highest BCUT2D eigenvalue weighted by molar-refractivity contribution is 5.26. The van der Waals surface area contributed by atoms with Crippen LogP contribution in [0.3, 0.4) is 0 Å². The monoisotopic (exact) mass is 155 g/mol. The molecular formula is C8H10FNO. The molecule has 0 fully saturated rings. The molecule has 0 saturated carbocycles. The van der Waals surface area contributed by atoms with Gasteiger partial charge in [-0.25, -0.2) is 10.3 Å². The summed E-state index contributed by atoms with van der Waals surface area (Å²) >= 11 is 0. The maximum Gasteiger partial charge on any atom is 0.126 e. The van der Waals surface area contributed by atoms with E-state index in [1.807, 2.05) is 0 Å². The maximum atomic E-state index is 12.8. The Bertz CT molecular complexity index is 250. The van der Waals surface area contributed by atoms with Crippen LogP contribution in [0, 0.1) is 12.7 Å². The summed E-state index contributed by atoms with van der Waals surface area (Å²) in [5.41, 5.74) is 1.38. The van der Waals surface area contributed by atoms with E-state index in [1.165, 1.54) is 6.07 Å². The van der Waals surface area contributed by atoms with Crippen molar-refractivity contribution in [1.82, 2.24) is 0 Å². The predicted octanol–water partition coefficient (Wildman–Crippen LogP) is 1.52. The molecule has 0 aliphatic carbocycles. The Kier molecular flexibility index (Phi) is 2.57. The second kappa shape index (κ2) is 3.46. The minimum atomic E-state index is -0.223. The predicted molar refractivity (Wildman–Crippen MR) is 40.1 cm³/mol. The van der Waals surface area contributed by atoms with E-state index in [9.17, 15) is 4.39 Å². The molecule has 0 aliphatic rings. The van der Waals surface area contributed by atoms with Crippen molar-refractivity contribution in [2.75, 3.05) is 0 Å². The summed E-state index contributed by atoms with van der Waals surface area (Å²) in [5.74, 6) is 4.63. The lowest BCUT2D eigenvalue weighted by molar-refractivity contribution is 0.123. The van der Waals surface area contributed by atoms with Gasteiger partial charge >= 0.3 is 0 Å². The van der Waals surface area contributed by atoms with Gasteiger partial charge in [-0.3, -0.25) is 4.84 Å². The van der Waals surface area contributed by atoms with E-state index in [-0.39, 0.29) is 12.4 Å². The summed E-state index contributed by atoms with van der Waals surface area (Å²) < 4.78 is 12.8. The summed E-state index contributed by atoms with van der Waals surface area (Å²) in [6.07, 6.45) is 0. The summed E-state index contributed by atoms with van der Waals surface area (Å²) in [6, 6.07) is 4.83. The molecule has 0 radical (unpaired) electrons. The van der Waals surface area contributed by atoms with Crippen molar-refractivity contribution in [3.63, 3.8) is 0 Å². The Hall–Kier alpha value is -0.930. The zero-order chi connectivity index (χ0) is 8.27. The van der Waals surface area contributed by atoms with Crippen molar-refractivity contribution in [2.45, 2.75) is 13.5 Å². The van der Waals surface area contributed by atoms with E-state index < -0.39 is 0 Å². The van der Waals surface area contributed by atoms with Crippen LogP contribution in [0.4, 0.5) is 4.39 Å². The SMILES string of the molecule is Cc1c(F)cccc1CON. The molecule has 1 rings (SSSR count). The minimum Gasteiger partial charge on any atom is -0.300 e. The Morgan fingerprint density at radius 2 is 2.27 bits per heavy atom. The third-order valence-electron chi connectivity index (χ3n) is 1.62. The standard InChI is InChI=1S/C8H10FNO/c1-6-7(5-11-10)3-2-4-8(6)9/h2-4H,5,10H2,1H3. The van der Waals surface area contributed by atoms with Gasteiger partial charge in [0.25, 0.3) is 0 Å². The first kappa shape index (κ1) is 8.17. The summed E-state index contributed by atoms with van der Waals surface area (Å²) in [6.45, 7) is 1.95. The van der Waals surface area contributed by atoms with E-state index in [0.717, 1.165) is 5.56 Å². The van der Waals surface area contributed by atoms with Gasteiger partial charge in [0.1, 0.15) is 5.82 Å². The van der Waals surface area contributed by atoms with E-state index in [4.69, 9.17) is 5.90 Å². The Balaban J connectivity index is 2.96. The largest absolute Gasteiger partial charge is 0.300 e. The Labute approximate surface area is 64.7 Å². The van der Waals surface area contributed by atoms with Crippen LogP contribution in [-0.4, -0.2) is 0 Å². The Morgan fingerprint density at radius 3 is 2.91 bits per heavy atom. The summed E-state index contributed by atoms with van der Waals surface area (Å²) in [7, 11) is 0. The maximum absolute atomic E-state index is 12.8. The first-order chi connectivity index (χ1) is 5.25. The van der Waals surface area contributed by atoms with Gasteiger partial charge in [0.2, 0.25) is 0 Å². The average molecular weight is 155 g/mol. The number of hydrogen-bond donors (Lipinski definition) is 1. The topological polar surface area (TPSA) is 35.2 Å². The molecule has 11 heavy (non-hydrogen) atoms. The number of hydrogen-bond acceptors (Lipinski definition) is 2. The second-order valence-electron chi connectivity index (χ2n) is 2.33. The third-order valence-corrected chi connectivity index (χ3v) is 1.62. The second-order valence-corrected chi connectivity index (χ2v) is 2.33. The van der Waals surface area contributed by atoms with Crippen LogP contribution in [0.25, 0.3) is 0 Å². The van der Waals surface area contributed by atoms with E-state index >= 15 is 0 Å².